The molecule has 0 aliphatic carbocycles. The van der Waals surface area contributed by atoms with Gasteiger partial charge < -0.3 is 20.3 Å². The summed E-state index contributed by atoms with van der Waals surface area (Å²) in [6, 6.07) is 16.1. The van der Waals surface area contributed by atoms with Gasteiger partial charge in [0.1, 0.15) is 0 Å². The van der Waals surface area contributed by atoms with Gasteiger partial charge in [-0.1, -0.05) is 12.1 Å². The molecule has 2 heterocycles. The third kappa shape index (κ3) is 7.02. The summed E-state index contributed by atoms with van der Waals surface area (Å²) in [6.07, 6.45) is 0.907. The van der Waals surface area contributed by atoms with Crippen LogP contribution in [0.1, 0.15) is 29.3 Å². The number of ether oxygens (including phenoxy) is 1. The van der Waals surface area contributed by atoms with E-state index in [2.05, 4.69) is 58.5 Å². The highest BCUT2D eigenvalue weighted by molar-refractivity contribution is 8.02. The van der Waals surface area contributed by atoms with Gasteiger partial charge in [0.2, 0.25) is 0 Å². The fraction of sp³-hybridized carbons (Fsp3) is 0.407. The Morgan fingerprint density at radius 1 is 1.11 bits per heavy atom. The van der Waals surface area contributed by atoms with Crippen molar-refractivity contribution in [2.75, 3.05) is 55.3 Å². The Hall–Kier alpha value is -2.97. The van der Waals surface area contributed by atoms with Gasteiger partial charge in [0.25, 0.3) is 11.8 Å². The normalized spacial score (nSPS) is 18.4. The van der Waals surface area contributed by atoms with Gasteiger partial charge >= 0.3 is 0 Å². The quantitative estimate of drug-likeness (QED) is 0.543. The monoisotopic (exact) mass is 494 g/mol. The molecule has 186 valence electrons. The Labute approximate surface area is 211 Å². The van der Waals surface area contributed by atoms with Gasteiger partial charge in [0, 0.05) is 60.3 Å². The molecule has 2 aromatic rings. The lowest BCUT2D eigenvalue weighted by molar-refractivity contribution is -0.116. The minimum absolute atomic E-state index is 0.102. The topological polar surface area (TPSA) is 73.9 Å². The van der Waals surface area contributed by atoms with Crippen molar-refractivity contribution in [3.63, 3.8) is 0 Å². The maximum atomic E-state index is 12.5. The predicted octanol–water partition coefficient (Wildman–Crippen LogP) is 3.87. The van der Waals surface area contributed by atoms with E-state index in [1.165, 1.54) is 11.3 Å². The number of hydrogen-bond acceptors (Lipinski definition) is 6. The van der Waals surface area contributed by atoms with E-state index in [4.69, 9.17) is 4.74 Å². The number of carbonyl (C=O) groups is 2. The van der Waals surface area contributed by atoms with Crippen molar-refractivity contribution in [3.05, 3.63) is 70.8 Å². The number of amides is 2. The highest BCUT2D eigenvalue weighted by Gasteiger charge is 2.23. The Morgan fingerprint density at radius 2 is 1.94 bits per heavy atom. The first kappa shape index (κ1) is 25.1. The average Bonchev–Trinajstić information content (AvgIpc) is 2.87. The third-order valence-electron chi connectivity index (χ3n) is 6.26. The van der Waals surface area contributed by atoms with E-state index in [1.807, 2.05) is 0 Å². The standard InChI is InChI=1S/C27H34N4O3S/c1-20-5-3-6-24(17-20)31-14-13-30(18-21(31)2)12-4-11-28-26(32)22-7-9-23(10-8-22)29-27(33)25-19-35-16-15-34-25/h3,5-10,17,19,21H,4,11-16,18H2,1-2H3,(H,28,32)(H,29,33)/t21-/m0/s1. The van der Waals surface area contributed by atoms with Crippen molar-refractivity contribution in [2.45, 2.75) is 26.3 Å². The molecule has 2 aromatic carbocycles. The number of benzene rings is 2. The first-order chi connectivity index (χ1) is 17.0. The van der Waals surface area contributed by atoms with Crippen molar-refractivity contribution in [2.24, 2.45) is 0 Å². The van der Waals surface area contributed by atoms with Crippen molar-refractivity contribution in [1.29, 1.82) is 0 Å². The second-order valence-corrected chi connectivity index (χ2v) is 10.0. The lowest BCUT2D eigenvalue weighted by Gasteiger charge is -2.41. The molecule has 0 spiro atoms. The maximum absolute atomic E-state index is 12.5. The molecule has 2 N–H and O–H groups in total. The number of thioether (sulfide) groups is 1. The minimum Gasteiger partial charge on any atom is -0.487 e. The summed E-state index contributed by atoms with van der Waals surface area (Å²) in [5.41, 5.74) is 3.80. The summed E-state index contributed by atoms with van der Waals surface area (Å²) in [7, 11) is 0. The summed E-state index contributed by atoms with van der Waals surface area (Å²) >= 11 is 1.56. The molecule has 1 saturated heterocycles. The fourth-order valence-corrected chi connectivity index (χ4v) is 5.04. The van der Waals surface area contributed by atoms with E-state index in [9.17, 15) is 9.59 Å². The van der Waals surface area contributed by atoms with Gasteiger partial charge in [-0.15, -0.1) is 11.8 Å². The van der Waals surface area contributed by atoms with E-state index < -0.39 is 0 Å². The number of anilines is 2. The Morgan fingerprint density at radius 3 is 2.66 bits per heavy atom. The molecule has 0 radical (unpaired) electrons. The van der Waals surface area contributed by atoms with Crippen LogP contribution < -0.4 is 15.5 Å². The molecule has 0 saturated carbocycles. The van der Waals surface area contributed by atoms with Crippen molar-refractivity contribution < 1.29 is 14.3 Å². The second-order valence-electron chi connectivity index (χ2n) is 9.02. The number of rotatable bonds is 8. The van der Waals surface area contributed by atoms with Crippen LogP contribution in [0.25, 0.3) is 0 Å². The zero-order valence-electron chi connectivity index (χ0n) is 20.5. The molecule has 1 fully saturated rings. The van der Waals surface area contributed by atoms with Gasteiger partial charge in [-0.2, -0.15) is 0 Å². The lowest BCUT2D eigenvalue weighted by Crippen LogP contribution is -2.52. The second kappa shape index (κ2) is 12.1. The van der Waals surface area contributed by atoms with Crippen molar-refractivity contribution in [3.8, 4) is 0 Å². The molecule has 2 amide bonds. The smallest absolute Gasteiger partial charge is 0.291 e. The van der Waals surface area contributed by atoms with Crippen LogP contribution in [0.4, 0.5) is 11.4 Å². The van der Waals surface area contributed by atoms with Crippen LogP contribution in [0.15, 0.2) is 59.7 Å². The maximum Gasteiger partial charge on any atom is 0.291 e. The van der Waals surface area contributed by atoms with E-state index in [0.29, 0.717) is 36.2 Å². The van der Waals surface area contributed by atoms with E-state index in [-0.39, 0.29) is 11.8 Å². The number of nitrogens with one attached hydrogen (secondary N) is 2. The zero-order valence-corrected chi connectivity index (χ0v) is 21.3. The fourth-order valence-electron chi connectivity index (χ4n) is 4.42. The summed E-state index contributed by atoms with van der Waals surface area (Å²) in [5.74, 6) is 0.803. The SMILES string of the molecule is Cc1cccc(N2CCN(CCCNC(=O)c3ccc(NC(=O)C4=CSCCO4)cc3)C[C@@H]2C)c1. The predicted molar refractivity (Wildman–Crippen MR) is 143 cm³/mol. The molecule has 0 unspecified atom stereocenters. The van der Waals surface area contributed by atoms with Gasteiger partial charge in [0.05, 0.1) is 6.61 Å². The van der Waals surface area contributed by atoms with Gasteiger partial charge in [-0.25, -0.2) is 0 Å². The molecular formula is C27H34N4O3S. The van der Waals surface area contributed by atoms with Crippen LogP contribution in [0.2, 0.25) is 0 Å². The summed E-state index contributed by atoms with van der Waals surface area (Å²) < 4.78 is 5.37. The van der Waals surface area contributed by atoms with Crippen LogP contribution >= 0.6 is 11.8 Å². The molecule has 2 aliphatic heterocycles. The first-order valence-corrected chi connectivity index (χ1v) is 13.2. The lowest BCUT2D eigenvalue weighted by atomic mass is 10.1. The van der Waals surface area contributed by atoms with E-state index in [1.54, 1.807) is 41.4 Å². The molecule has 0 aromatic heterocycles. The van der Waals surface area contributed by atoms with Crippen LogP contribution in [0, 0.1) is 6.92 Å². The summed E-state index contributed by atoms with van der Waals surface area (Å²) in [6.45, 7) is 9.61. The Kier molecular flexibility index (Phi) is 8.71. The van der Waals surface area contributed by atoms with Gasteiger partial charge in [0.15, 0.2) is 5.76 Å². The molecule has 0 bridgehead atoms. The summed E-state index contributed by atoms with van der Waals surface area (Å²) in [4.78, 5) is 29.7. The van der Waals surface area contributed by atoms with Gasteiger partial charge in [-0.3, -0.25) is 14.5 Å². The van der Waals surface area contributed by atoms with Crippen LogP contribution in [-0.4, -0.2) is 67.8 Å². The van der Waals surface area contributed by atoms with Crippen LogP contribution in [-0.2, 0) is 9.53 Å². The largest absolute Gasteiger partial charge is 0.487 e. The molecule has 2 aliphatic rings. The molecule has 1 atom stereocenters. The number of carbonyl (C=O) groups excluding carboxylic acids is 2. The van der Waals surface area contributed by atoms with E-state index in [0.717, 1.165) is 38.4 Å². The van der Waals surface area contributed by atoms with Crippen LogP contribution in [0.5, 0.6) is 0 Å². The molecule has 35 heavy (non-hydrogen) atoms. The van der Waals surface area contributed by atoms with Crippen molar-refractivity contribution in [1.82, 2.24) is 10.2 Å². The number of piperazine rings is 1. The molecule has 7 nitrogen and oxygen atoms in total. The Balaban J connectivity index is 1.16. The summed E-state index contributed by atoms with van der Waals surface area (Å²) in [5, 5.41) is 7.53. The third-order valence-corrected chi connectivity index (χ3v) is 7.04. The Bertz CT molecular complexity index is 1060. The zero-order chi connectivity index (χ0) is 24.6. The molecule has 8 heteroatoms. The number of hydrogen-bond donors (Lipinski definition) is 2. The van der Waals surface area contributed by atoms with Crippen molar-refractivity contribution >= 4 is 35.0 Å². The van der Waals surface area contributed by atoms with Gasteiger partial charge in [-0.05, 0) is 68.8 Å². The first-order valence-electron chi connectivity index (χ1n) is 12.2. The minimum atomic E-state index is -0.275. The molecule has 4 rings (SSSR count). The average molecular weight is 495 g/mol. The number of nitrogens with zero attached hydrogens (tertiary/aromatic N) is 2. The highest BCUT2D eigenvalue weighted by Crippen LogP contribution is 2.22. The van der Waals surface area contributed by atoms with Crippen LogP contribution in [0.3, 0.4) is 0 Å². The number of aryl methyl sites for hydroxylation is 1. The highest BCUT2D eigenvalue weighted by atomic mass is 32.2. The molecular weight excluding hydrogens is 460 g/mol. The van der Waals surface area contributed by atoms with E-state index >= 15 is 0 Å².